The van der Waals surface area contributed by atoms with Gasteiger partial charge in [-0.15, -0.1) is 10.2 Å². The molecule has 1 aromatic heterocycles. The van der Waals surface area contributed by atoms with E-state index in [1.807, 2.05) is 54.0 Å². The summed E-state index contributed by atoms with van der Waals surface area (Å²) >= 11 is 1.56. The fourth-order valence-corrected chi connectivity index (χ4v) is 4.32. The normalized spacial score (nSPS) is 10.8. The second kappa shape index (κ2) is 10.3. The molecule has 0 aliphatic heterocycles. The first-order valence-electron chi connectivity index (χ1n) is 10.6. The third-order valence-electron chi connectivity index (χ3n) is 5.28. The van der Waals surface area contributed by atoms with E-state index in [9.17, 15) is 14.9 Å². The second-order valence-electron chi connectivity index (χ2n) is 7.79. The van der Waals surface area contributed by atoms with Gasteiger partial charge in [0.2, 0.25) is 0 Å². The number of aromatic nitrogens is 3. The first-order valence-corrected chi connectivity index (χ1v) is 11.6. The number of nitrogens with one attached hydrogen (secondary N) is 1. The molecule has 8 nitrogen and oxygen atoms in total. The average Bonchev–Trinajstić information content (AvgIpc) is 3.25. The van der Waals surface area contributed by atoms with E-state index in [0.717, 1.165) is 17.0 Å². The van der Waals surface area contributed by atoms with Crippen molar-refractivity contribution in [1.29, 1.82) is 0 Å². The number of nitro groups is 1. The van der Waals surface area contributed by atoms with E-state index in [4.69, 9.17) is 0 Å². The molecule has 0 atom stereocenters. The lowest BCUT2D eigenvalue weighted by atomic mass is 10.1. The van der Waals surface area contributed by atoms with Gasteiger partial charge in [0.25, 0.3) is 11.6 Å². The van der Waals surface area contributed by atoms with Gasteiger partial charge in [-0.25, -0.2) is 0 Å². The Morgan fingerprint density at radius 3 is 2.47 bits per heavy atom. The van der Waals surface area contributed by atoms with Crippen molar-refractivity contribution in [2.24, 2.45) is 0 Å². The molecule has 3 aromatic carbocycles. The number of nitrogens with zero attached hydrogens (tertiary/aromatic N) is 4. The number of thioether (sulfide) groups is 1. The van der Waals surface area contributed by atoms with Gasteiger partial charge in [-0.3, -0.25) is 19.5 Å². The van der Waals surface area contributed by atoms with Crippen LogP contribution >= 0.6 is 11.8 Å². The molecule has 4 aromatic rings. The highest BCUT2D eigenvalue weighted by atomic mass is 32.2. The Hall–Kier alpha value is -3.98. The number of rotatable bonds is 8. The van der Waals surface area contributed by atoms with Crippen LogP contribution in [-0.2, 0) is 12.3 Å². The summed E-state index contributed by atoms with van der Waals surface area (Å²) in [5.41, 5.74) is 3.82. The Morgan fingerprint density at radius 1 is 1.03 bits per heavy atom. The molecule has 0 saturated heterocycles. The van der Waals surface area contributed by atoms with Gasteiger partial charge in [0.05, 0.1) is 11.5 Å². The van der Waals surface area contributed by atoms with Crippen LogP contribution in [0.2, 0.25) is 0 Å². The van der Waals surface area contributed by atoms with Gasteiger partial charge in [0.15, 0.2) is 11.0 Å². The van der Waals surface area contributed by atoms with Gasteiger partial charge >= 0.3 is 0 Å². The lowest BCUT2D eigenvalue weighted by Crippen LogP contribution is -2.24. The summed E-state index contributed by atoms with van der Waals surface area (Å²) in [5, 5.41) is 23.4. The molecule has 4 rings (SSSR count). The Labute approximate surface area is 201 Å². The third kappa shape index (κ3) is 5.32. The van der Waals surface area contributed by atoms with Crippen LogP contribution in [0.1, 0.15) is 32.9 Å². The van der Waals surface area contributed by atoms with Crippen molar-refractivity contribution in [3.63, 3.8) is 0 Å². The van der Waals surface area contributed by atoms with E-state index in [2.05, 4.69) is 27.6 Å². The number of hydrogen-bond acceptors (Lipinski definition) is 6. The van der Waals surface area contributed by atoms with Gasteiger partial charge in [-0.2, -0.15) is 0 Å². The molecule has 1 N–H and O–H groups in total. The quantitative estimate of drug-likeness (QED) is 0.219. The van der Waals surface area contributed by atoms with Gasteiger partial charge in [0, 0.05) is 28.6 Å². The second-order valence-corrected chi connectivity index (χ2v) is 8.73. The maximum atomic E-state index is 12.7. The highest BCUT2D eigenvalue weighted by Crippen LogP contribution is 2.26. The molecule has 0 fully saturated rings. The SMILES string of the molecule is Cc1ccc(-n2c(CNC(=O)c3ccc(C)c([N+](=O)[O-])c3)nnc2SCc2ccccc2)cc1. The van der Waals surface area contributed by atoms with Crippen LogP contribution in [0.5, 0.6) is 0 Å². The predicted octanol–water partition coefficient (Wildman–Crippen LogP) is 5.01. The molecule has 1 amide bonds. The maximum Gasteiger partial charge on any atom is 0.273 e. The first kappa shape index (κ1) is 23.2. The van der Waals surface area contributed by atoms with E-state index >= 15 is 0 Å². The molecule has 9 heteroatoms. The predicted molar refractivity (Wildman–Crippen MR) is 131 cm³/mol. The van der Waals surface area contributed by atoms with Crippen molar-refractivity contribution in [3.8, 4) is 5.69 Å². The summed E-state index contributed by atoms with van der Waals surface area (Å²) in [5.74, 6) is 0.874. The third-order valence-corrected chi connectivity index (χ3v) is 6.28. The Bertz CT molecular complexity index is 1320. The molecule has 0 aliphatic rings. The summed E-state index contributed by atoms with van der Waals surface area (Å²) in [6.07, 6.45) is 0. The number of carbonyl (C=O) groups excluding carboxylic acids is 1. The molecule has 0 spiro atoms. The fraction of sp³-hybridized carbons (Fsp3) is 0.160. The van der Waals surface area contributed by atoms with Crippen LogP contribution in [0.25, 0.3) is 5.69 Å². The number of carbonyl (C=O) groups is 1. The summed E-state index contributed by atoms with van der Waals surface area (Å²) in [6.45, 7) is 3.77. The minimum atomic E-state index is -0.490. The van der Waals surface area contributed by atoms with E-state index in [0.29, 0.717) is 16.5 Å². The number of aryl methyl sites for hydroxylation is 2. The lowest BCUT2D eigenvalue weighted by Gasteiger charge is -2.11. The minimum Gasteiger partial charge on any atom is -0.345 e. The molecule has 0 radical (unpaired) electrons. The Balaban J connectivity index is 1.57. The van der Waals surface area contributed by atoms with Crippen LogP contribution in [-0.4, -0.2) is 25.6 Å². The minimum absolute atomic E-state index is 0.0879. The standard InChI is InChI=1S/C25H23N5O3S/c1-17-8-12-21(13-9-17)29-23(27-28-25(29)34-16-19-6-4-3-5-7-19)15-26-24(31)20-11-10-18(2)22(14-20)30(32)33/h3-14H,15-16H2,1-2H3,(H,26,31). The summed E-state index contributed by atoms with van der Waals surface area (Å²) < 4.78 is 1.92. The summed E-state index contributed by atoms with van der Waals surface area (Å²) in [6, 6.07) is 22.5. The van der Waals surface area contributed by atoms with Crippen LogP contribution in [0.3, 0.4) is 0 Å². The molecule has 0 saturated carbocycles. The van der Waals surface area contributed by atoms with Crippen molar-refractivity contribution in [2.75, 3.05) is 0 Å². The molecule has 0 bridgehead atoms. The van der Waals surface area contributed by atoms with Crippen molar-refractivity contribution in [2.45, 2.75) is 31.3 Å². The Morgan fingerprint density at radius 2 is 1.76 bits per heavy atom. The first-order chi connectivity index (χ1) is 16.4. The topological polar surface area (TPSA) is 103 Å². The zero-order chi connectivity index (χ0) is 24.1. The number of benzene rings is 3. The van der Waals surface area contributed by atoms with Crippen molar-refractivity contribution in [1.82, 2.24) is 20.1 Å². The van der Waals surface area contributed by atoms with Crippen molar-refractivity contribution < 1.29 is 9.72 Å². The van der Waals surface area contributed by atoms with Crippen molar-refractivity contribution in [3.05, 3.63) is 111 Å². The van der Waals surface area contributed by atoms with Crippen LogP contribution < -0.4 is 5.32 Å². The fourth-order valence-electron chi connectivity index (χ4n) is 3.39. The van der Waals surface area contributed by atoms with E-state index in [1.54, 1.807) is 30.8 Å². The highest BCUT2D eigenvalue weighted by molar-refractivity contribution is 7.98. The zero-order valence-electron chi connectivity index (χ0n) is 18.8. The highest BCUT2D eigenvalue weighted by Gasteiger charge is 2.18. The van der Waals surface area contributed by atoms with E-state index < -0.39 is 10.8 Å². The molecular formula is C25H23N5O3S. The van der Waals surface area contributed by atoms with Gasteiger partial charge in [0.1, 0.15) is 0 Å². The number of amides is 1. The summed E-state index contributed by atoms with van der Waals surface area (Å²) in [7, 11) is 0. The maximum absolute atomic E-state index is 12.7. The monoisotopic (exact) mass is 473 g/mol. The number of hydrogen-bond donors (Lipinski definition) is 1. The van der Waals surface area contributed by atoms with Crippen molar-refractivity contribution >= 4 is 23.4 Å². The molecular weight excluding hydrogens is 450 g/mol. The number of nitro benzene ring substituents is 1. The van der Waals surface area contributed by atoms with E-state index in [-0.39, 0.29) is 17.8 Å². The molecule has 34 heavy (non-hydrogen) atoms. The summed E-state index contributed by atoms with van der Waals surface area (Å²) in [4.78, 5) is 23.4. The molecule has 0 unspecified atom stereocenters. The molecule has 1 heterocycles. The molecule has 0 aliphatic carbocycles. The van der Waals surface area contributed by atoms with Crippen LogP contribution in [0, 0.1) is 24.0 Å². The lowest BCUT2D eigenvalue weighted by molar-refractivity contribution is -0.385. The Kier molecular flexibility index (Phi) is 7.03. The van der Waals surface area contributed by atoms with Crippen LogP contribution in [0.15, 0.2) is 78.0 Å². The van der Waals surface area contributed by atoms with Crippen LogP contribution in [0.4, 0.5) is 5.69 Å². The van der Waals surface area contributed by atoms with E-state index in [1.165, 1.54) is 11.6 Å². The average molecular weight is 474 g/mol. The van der Waals surface area contributed by atoms with Gasteiger partial charge in [-0.1, -0.05) is 65.9 Å². The van der Waals surface area contributed by atoms with Gasteiger partial charge in [-0.05, 0) is 37.6 Å². The van der Waals surface area contributed by atoms with Gasteiger partial charge < -0.3 is 5.32 Å². The largest absolute Gasteiger partial charge is 0.345 e. The molecule has 172 valence electrons. The zero-order valence-corrected chi connectivity index (χ0v) is 19.6. The smallest absolute Gasteiger partial charge is 0.273 e.